The van der Waals surface area contributed by atoms with Crippen LogP contribution in [0, 0.1) is 24.6 Å². The van der Waals surface area contributed by atoms with Crippen LogP contribution in [-0.2, 0) is 7.05 Å². The molecule has 0 radical (unpaired) electrons. The lowest BCUT2D eigenvalue weighted by molar-refractivity contribution is 0.415. The molecule has 1 saturated carbocycles. The first-order valence-electron chi connectivity index (χ1n) is 9.53. The highest BCUT2D eigenvalue weighted by Crippen LogP contribution is 2.47. The lowest BCUT2D eigenvalue weighted by Crippen LogP contribution is -2.20. The van der Waals surface area contributed by atoms with E-state index in [1.807, 2.05) is 13.0 Å². The average molecular weight is 406 g/mol. The zero-order chi connectivity index (χ0) is 20.4. The topological polar surface area (TPSA) is 55.3 Å². The molecule has 2 aromatic rings. The minimum Gasteiger partial charge on any atom is -0.494 e. The molecule has 2 unspecified atom stereocenters. The maximum atomic E-state index is 14.4. The third-order valence-corrected chi connectivity index (χ3v) is 6.15. The van der Waals surface area contributed by atoms with Crippen molar-refractivity contribution in [2.45, 2.75) is 38.9 Å². The highest BCUT2D eigenvalue weighted by atomic mass is 32.2. The Kier molecular flexibility index (Phi) is 6.23. The molecular formula is C21H28FN3O2S. The molecule has 3 rings (SSSR count). The van der Waals surface area contributed by atoms with Crippen molar-refractivity contribution in [1.29, 1.82) is 0 Å². The summed E-state index contributed by atoms with van der Waals surface area (Å²) >= 11 is 1.64. The maximum Gasteiger partial charge on any atom is 0.255 e. The van der Waals surface area contributed by atoms with E-state index in [1.165, 1.54) is 36.7 Å². The van der Waals surface area contributed by atoms with Gasteiger partial charge in [-0.1, -0.05) is 19.9 Å². The molecule has 28 heavy (non-hydrogen) atoms. The van der Waals surface area contributed by atoms with Crippen LogP contribution in [0.15, 0.2) is 29.1 Å². The van der Waals surface area contributed by atoms with Crippen LogP contribution in [0.4, 0.5) is 21.6 Å². The summed E-state index contributed by atoms with van der Waals surface area (Å²) in [4.78, 5) is 12.3. The first-order valence-corrected chi connectivity index (χ1v) is 10.4. The molecule has 0 bridgehead atoms. The van der Waals surface area contributed by atoms with Crippen LogP contribution in [0.1, 0.15) is 32.3 Å². The van der Waals surface area contributed by atoms with Crippen molar-refractivity contribution in [3.63, 3.8) is 0 Å². The van der Waals surface area contributed by atoms with Gasteiger partial charge in [-0.2, -0.15) is 0 Å². The smallest absolute Gasteiger partial charge is 0.255 e. The van der Waals surface area contributed by atoms with Crippen LogP contribution in [-0.4, -0.2) is 16.9 Å². The Balaban J connectivity index is 1.87. The summed E-state index contributed by atoms with van der Waals surface area (Å²) in [5, 5.41) is 3.61. The fraction of sp³-hybridized carbons (Fsp3) is 0.476. The van der Waals surface area contributed by atoms with Gasteiger partial charge in [-0.25, -0.2) is 4.39 Å². The summed E-state index contributed by atoms with van der Waals surface area (Å²) in [6, 6.07) is 6.40. The number of anilines is 3. The summed E-state index contributed by atoms with van der Waals surface area (Å²) < 4.78 is 24.6. The summed E-state index contributed by atoms with van der Waals surface area (Å²) in [6.07, 6.45) is 2.39. The number of halogens is 1. The quantitative estimate of drug-likeness (QED) is 0.600. The number of ether oxygens (including phenoxy) is 1. The fourth-order valence-corrected chi connectivity index (χ4v) is 4.40. The first kappa shape index (κ1) is 20.6. The second-order valence-corrected chi connectivity index (χ2v) is 8.87. The molecule has 1 aromatic carbocycles. The number of nitrogens with one attached hydrogen (secondary N) is 2. The lowest BCUT2D eigenvalue weighted by Gasteiger charge is -2.19. The molecule has 1 fully saturated rings. The molecule has 1 aliphatic carbocycles. The SMILES string of the molecule is COc1cc(=O)n(C)c(Nc2ccc(C)cc2F)c1NSC1CC1CC(C)C. The van der Waals surface area contributed by atoms with E-state index in [9.17, 15) is 9.18 Å². The van der Waals surface area contributed by atoms with Gasteiger partial charge < -0.3 is 14.8 Å². The summed E-state index contributed by atoms with van der Waals surface area (Å²) in [5.41, 5.74) is 1.56. The summed E-state index contributed by atoms with van der Waals surface area (Å²) in [6.45, 7) is 6.31. The molecule has 7 heteroatoms. The van der Waals surface area contributed by atoms with Crippen LogP contribution < -0.4 is 20.3 Å². The molecule has 1 aromatic heterocycles. The second kappa shape index (κ2) is 8.47. The van der Waals surface area contributed by atoms with E-state index in [0.717, 1.165) is 5.56 Å². The van der Waals surface area contributed by atoms with Gasteiger partial charge in [0.2, 0.25) is 0 Å². The second-order valence-electron chi connectivity index (χ2n) is 7.83. The van der Waals surface area contributed by atoms with E-state index in [2.05, 4.69) is 23.9 Å². The lowest BCUT2D eigenvalue weighted by atomic mass is 10.1. The van der Waals surface area contributed by atoms with Gasteiger partial charge in [0, 0.05) is 18.4 Å². The molecule has 2 N–H and O–H groups in total. The number of hydrogen-bond acceptors (Lipinski definition) is 5. The monoisotopic (exact) mass is 405 g/mol. The number of hydrogen-bond donors (Lipinski definition) is 2. The average Bonchev–Trinajstić information content (AvgIpc) is 3.36. The van der Waals surface area contributed by atoms with Gasteiger partial charge in [0.15, 0.2) is 5.75 Å². The molecule has 152 valence electrons. The van der Waals surface area contributed by atoms with Gasteiger partial charge in [-0.15, -0.1) is 0 Å². The van der Waals surface area contributed by atoms with Crippen LogP contribution in [0.2, 0.25) is 0 Å². The largest absolute Gasteiger partial charge is 0.494 e. The van der Waals surface area contributed by atoms with Crippen molar-refractivity contribution in [2.75, 3.05) is 17.1 Å². The normalized spacial score (nSPS) is 18.2. The van der Waals surface area contributed by atoms with Gasteiger partial charge in [0.25, 0.3) is 5.56 Å². The molecule has 1 aliphatic rings. The van der Waals surface area contributed by atoms with E-state index in [4.69, 9.17) is 4.74 Å². The molecule has 0 aliphatic heterocycles. The Morgan fingerprint density at radius 3 is 2.75 bits per heavy atom. The van der Waals surface area contributed by atoms with Crippen molar-refractivity contribution in [2.24, 2.45) is 18.9 Å². The maximum absolute atomic E-state index is 14.4. The standard InChI is InChI=1S/C21H28FN3O2S/c1-12(2)8-14-10-18(14)28-24-20-17(27-5)11-19(26)25(4)21(20)23-16-7-6-13(3)9-15(16)22/h6-7,9,11-12,14,18,23-24H,8,10H2,1-5H3. The predicted octanol–water partition coefficient (Wildman–Crippen LogP) is 5.08. The van der Waals surface area contributed by atoms with Gasteiger partial charge in [0.05, 0.1) is 12.8 Å². The molecule has 0 saturated heterocycles. The number of pyridine rings is 1. The molecule has 0 amide bonds. The number of methoxy groups -OCH3 is 1. The number of rotatable bonds is 8. The minimum atomic E-state index is -0.368. The van der Waals surface area contributed by atoms with E-state index in [-0.39, 0.29) is 11.4 Å². The molecule has 2 atom stereocenters. The minimum absolute atomic E-state index is 0.230. The van der Waals surface area contributed by atoms with E-state index < -0.39 is 0 Å². The number of nitrogens with zero attached hydrogens (tertiary/aromatic N) is 1. The van der Waals surface area contributed by atoms with Crippen LogP contribution in [0.3, 0.4) is 0 Å². The zero-order valence-electron chi connectivity index (χ0n) is 17.0. The van der Waals surface area contributed by atoms with Crippen molar-refractivity contribution >= 4 is 29.1 Å². The van der Waals surface area contributed by atoms with E-state index in [1.54, 1.807) is 25.1 Å². The van der Waals surface area contributed by atoms with E-state index >= 15 is 0 Å². The summed E-state index contributed by atoms with van der Waals surface area (Å²) in [7, 11) is 3.18. The number of aryl methyl sites for hydroxylation is 1. The Morgan fingerprint density at radius 2 is 2.11 bits per heavy atom. The first-order chi connectivity index (χ1) is 13.3. The molecule has 5 nitrogen and oxygen atoms in total. The Bertz CT molecular complexity index is 913. The van der Waals surface area contributed by atoms with Crippen molar-refractivity contribution in [1.82, 2.24) is 4.57 Å². The highest BCUT2D eigenvalue weighted by Gasteiger charge is 2.38. The third-order valence-electron chi connectivity index (χ3n) is 4.95. The van der Waals surface area contributed by atoms with Crippen molar-refractivity contribution < 1.29 is 9.13 Å². The third kappa shape index (κ3) is 4.63. The predicted molar refractivity (Wildman–Crippen MR) is 115 cm³/mol. The van der Waals surface area contributed by atoms with Gasteiger partial charge in [-0.3, -0.25) is 9.36 Å². The van der Waals surface area contributed by atoms with Crippen molar-refractivity contribution in [3.8, 4) is 5.75 Å². The van der Waals surface area contributed by atoms with Crippen molar-refractivity contribution in [3.05, 3.63) is 46.0 Å². The highest BCUT2D eigenvalue weighted by molar-refractivity contribution is 8.01. The summed E-state index contributed by atoms with van der Waals surface area (Å²) in [5.74, 6) is 1.94. The molecule has 1 heterocycles. The zero-order valence-corrected chi connectivity index (χ0v) is 17.8. The van der Waals surface area contributed by atoms with Crippen LogP contribution in [0.25, 0.3) is 0 Å². The number of aromatic nitrogens is 1. The van der Waals surface area contributed by atoms with Crippen LogP contribution in [0.5, 0.6) is 5.75 Å². The number of benzene rings is 1. The van der Waals surface area contributed by atoms with E-state index in [0.29, 0.717) is 40.0 Å². The fourth-order valence-electron chi connectivity index (χ4n) is 3.28. The Hall–Kier alpha value is -2.15. The Morgan fingerprint density at radius 1 is 1.36 bits per heavy atom. The van der Waals surface area contributed by atoms with Gasteiger partial charge >= 0.3 is 0 Å². The molecular weight excluding hydrogens is 377 g/mol. The van der Waals surface area contributed by atoms with Gasteiger partial charge in [-0.05, 0) is 61.2 Å². The molecule has 0 spiro atoms. The van der Waals surface area contributed by atoms with Crippen LogP contribution >= 0.6 is 11.9 Å². The van der Waals surface area contributed by atoms with Gasteiger partial charge in [0.1, 0.15) is 17.3 Å². The Labute approximate surface area is 169 Å².